The lowest BCUT2D eigenvalue weighted by atomic mass is 9.97. The van der Waals surface area contributed by atoms with Crippen LogP contribution in [0.1, 0.15) is 61.3 Å². The Kier molecular flexibility index (Phi) is 7.53. The first-order chi connectivity index (χ1) is 20.7. The average Bonchev–Trinajstić information content (AvgIpc) is 3.60. The summed E-state index contributed by atoms with van der Waals surface area (Å²) in [4.78, 5) is 32.7. The molecule has 2 aromatic heterocycles. The number of rotatable bonds is 7. The summed E-state index contributed by atoms with van der Waals surface area (Å²) in [6, 6.07) is 9.16. The summed E-state index contributed by atoms with van der Waals surface area (Å²) >= 11 is 0. The van der Waals surface area contributed by atoms with E-state index in [9.17, 15) is 23.5 Å². The van der Waals surface area contributed by atoms with Crippen molar-refractivity contribution in [1.29, 1.82) is 0 Å². The molecule has 0 radical (unpaired) electrons. The zero-order valence-corrected chi connectivity index (χ0v) is 23.5. The number of benzene rings is 2. The summed E-state index contributed by atoms with van der Waals surface area (Å²) in [5.74, 6) is -2.35. The Bertz CT molecular complexity index is 1770. The number of carbonyl (C=O) groups is 2. The molecular weight excluding hydrogens is 558 g/mol. The maximum atomic E-state index is 14.6. The highest BCUT2D eigenvalue weighted by Gasteiger charge is 2.29. The summed E-state index contributed by atoms with van der Waals surface area (Å²) in [6.45, 7) is 7.70. The van der Waals surface area contributed by atoms with Gasteiger partial charge in [-0.15, -0.1) is 0 Å². The van der Waals surface area contributed by atoms with Gasteiger partial charge in [0.25, 0.3) is 11.8 Å². The van der Waals surface area contributed by atoms with Crippen LogP contribution in [-0.4, -0.2) is 57.8 Å². The van der Waals surface area contributed by atoms with Crippen LogP contribution in [0.4, 0.5) is 14.5 Å². The van der Waals surface area contributed by atoms with Crippen LogP contribution >= 0.6 is 0 Å². The predicted molar refractivity (Wildman–Crippen MR) is 155 cm³/mol. The van der Waals surface area contributed by atoms with Crippen molar-refractivity contribution in [2.45, 2.75) is 32.4 Å². The van der Waals surface area contributed by atoms with Crippen LogP contribution in [0.5, 0.6) is 0 Å². The van der Waals surface area contributed by atoms with Gasteiger partial charge in [0.15, 0.2) is 11.5 Å². The Hall–Kier alpha value is -4.84. The van der Waals surface area contributed by atoms with Crippen molar-refractivity contribution in [2.75, 3.05) is 31.2 Å². The first-order valence-corrected chi connectivity index (χ1v) is 14.0. The lowest BCUT2D eigenvalue weighted by Crippen LogP contribution is -2.36. The Morgan fingerprint density at radius 3 is 2.67 bits per heavy atom. The lowest BCUT2D eigenvalue weighted by Gasteiger charge is -2.29. The Morgan fingerprint density at radius 2 is 1.91 bits per heavy atom. The number of nitrogens with zero attached hydrogens (tertiary/aromatic N) is 4. The molecule has 3 heterocycles. The van der Waals surface area contributed by atoms with Gasteiger partial charge in [-0.05, 0) is 54.2 Å². The van der Waals surface area contributed by atoms with Crippen LogP contribution in [0.3, 0.4) is 0 Å². The van der Waals surface area contributed by atoms with Crippen LogP contribution in [0.15, 0.2) is 49.2 Å². The minimum Gasteiger partial charge on any atom is -0.508 e. The molecule has 3 N–H and O–H groups in total. The van der Waals surface area contributed by atoms with E-state index in [-0.39, 0.29) is 41.2 Å². The van der Waals surface area contributed by atoms with Crippen LogP contribution < -0.4 is 15.5 Å². The molecule has 1 saturated heterocycles. The van der Waals surface area contributed by atoms with Crippen molar-refractivity contribution in [3.63, 3.8) is 0 Å². The molecule has 1 fully saturated rings. The number of anilines is 1. The van der Waals surface area contributed by atoms with Crippen molar-refractivity contribution in [2.24, 2.45) is 0 Å². The van der Waals surface area contributed by atoms with E-state index in [0.29, 0.717) is 56.0 Å². The number of hydrogen-bond donors (Lipinski definition) is 3. The summed E-state index contributed by atoms with van der Waals surface area (Å²) in [6.07, 6.45) is 2.26. The number of aliphatic hydroxyl groups is 1. The Balaban J connectivity index is 1.22. The second kappa shape index (κ2) is 11.4. The van der Waals surface area contributed by atoms with E-state index in [0.717, 1.165) is 27.4 Å². The normalized spacial score (nSPS) is 16.3. The van der Waals surface area contributed by atoms with Gasteiger partial charge < -0.3 is 25.4 Å². The molecule has 43 heavy (non-hydrogen) atoms. The van der Waals surface area contributed by atoms with E-state index < -0.39 is 17.6 Å². The summed E-state index contributed by atoms with van der Waals surface area (Å²) in [5.41, 5.74) is 4.11. The summed E-state index contributed by atoms with van der Waals surface area (Å²) in [7, 11) is 0. The van der Waals surface area contributed by atoms with E-state index in [1.54, 1.807) is 18.2 Å². The van der Waals surface area contributed by atoms with E-state index >= 15 is 0 Å². The van der Waals surface area contributed by atoms with Crippen molar-refractivity contribution in [3.05, 3.63) is 100 Å². The third-order valence-electron chi connectivity index (χ3n) is 8.02. The minimum absolute atomic E-state index is 0.0181. The molecule has 6 rings (SSSR count). The van der Waals surface area contributed by atoms with E-state index in [1.165, 1.54) is 12.1 Å². The molecule has 4 aromatic rings. The molecule has 2 aromatic carbocycles. The molecule has 12 heteroatoms. The second-order valence-corrected chi connectivity index (χ2v) is 10.6. The number of nitrogens with one attached hydrogen (secondary N) is 2. The number of carbonyl (C=O) groups excluding carboxylic acids is 2. The minimum atomic E-state index is -0.781. The van der Waals surface area contributed by atoms with E-state index in [2.05, 4.69) is 27.3 Å². The van der Waals surface area contributed by atoms with Gasteiger partial charge in [-0.25, -0.2) is 18.3 Å². The number of aliphatic hydroxyl groups excluding tert-OH is 1. The molecule has 1 aliphatic heterocycles. The van der Waals surface area contributed by atoms with Crippen molar-refractivity contribution < 1.29 is 28.2 Å². The molecule has 1 atom stereocenters. The van der Waals surface area contributed by atoms with Gasteiger partial charge in [0.05, 0.1) is 31.1 Å². The first kappa shape index (κ1) is 28.3. The highest BCUT2D eigenvalue weighted by atomic mass is 19.1. The maximum Gasteiger partial charge on any atom is 0.270 e. The second-order valence-electron chi connectivity index (χ2n) is 10.6. The summed E-state index contributed by atoms with van der Waals surface area (Å²) in [5, 5.41) is 19.6. The third-order valence-corrected chi connectivity index (χ3v) is 8.02. The molecule has 10 nitrogen and oxygen atoms in total. The fraction of sp³-hybridized carbons (Fsp3) is 0.290. The summed E-state index contributed by atoms with van der Waals surface area (Å²) < 4.78 is 35.5. The largest absolute Gasteiger partial charge is 0.508 e. The van der Waals surface area contributed by atoms with Crippen LogP contribution in [-0.2, 0) is 17.7 Å². The highest BCUT2D eigenvalue weighted by Crippen LogP contribution is 2.36. The van der Waals surface area contributed by atoms with Gasteiger partial charge >= 0.3 is 0 Å². The predicted octanol–water partition coefficient (Wildman–Crippen LogP) is 4.03. The van der Waals surface area contributed by atoms with Gasteiger partial charge in [-0.1, -0.05) is 24.8 Å². The van der Waals surface area contributed by atoms with Gasteiger partial charge in [0.2, 0.25) is 0 Å². The quantitative estimate of drug-likeness (QED) is 0.279. The monoisotopic (exact) mass is 588 g/mol. The fourth-order valence-electron chi connectivity index (χ4n) is 5.78. The average molecular weight is 589 g/mol. The first-order valence-electron chi connectivity index (χ1n) is 14.0. The van der Waals surface area contributed by atoms with Crippen molar-refractivity contribution in [3.8, 4) is 0 Å². The van der Waals surface area contributed by atoms with Crippen LogP contribution in [0.25, 0.3) is 11.4 Å². The number of fused-ring (bicyclic) bond motifs is 2. The molecule has 222 valence electrons. The SMILES string of the molecule is C=C(O)c1ccc2c(c1C)CCC2NC(=O)c1cc(C(=O)NCc2ccc(F)c(N3CCOCC3)c2)nc2c(F)cnn12. The van der Waals surface area contributed by atoms with E-state index in [4.69, 9.17) is 4.74 Å². The molecular formula is C31H30F2N6O4. The maximum absolute atomic E-state index is 14.6. The number of hydrogen-bond acceptors (Lipinski definition) is 7. The zero-order chi connectivity index (χ0) is 30.2. The number of morpholine rings is 1. The van der Waals surface area contributed by atoms with Gasteiger partial charge in [-0.3, -0.25) is 9.59 Å². The number of halogens is 2. The van der Waals surface area contributed by atoms with Gasteiger partial charge in [0, 0.05) is 31.3 Å². The fourth-order valence-corrected chi connectivity index (χ4v) is 5.78. The third kappa shape index (κ3) is 5.41. The molecule has 2 aliphatic rings. The van der Waals surface area contributed by atoms with Crippen molar-refractivity contribution in [1.82, 2.24) is 25.2 Å². The van der Waals surface area contributed by atoms with Crippen LogP contribution in [0.2, 0.25) is 0 Å². The molecule has 0 spiro atoms. The zero-order valence-electron chi connectivity index (χ0n) is 23.5. The van der Waals surface area contributed by atoms with E-state index in [1.807, 2.05) is 17.9 Å². The molecule has 0 bridgehead atoms. The molecule has 1 aliphatic carbocycles. The van der Waals surface area contributed by atoms with Crippen LogP contribution in [0, 0.1) is 18.6 Å². The Labute approximate surface area is 246 Å². The van der Waals surface area contributed by atoms with Gasteiger partial charge in [-0.2, -0.15) is 5.10 Å². The molecule has 2 amide bonds. The smallest absolute Gasteiger partial charge is 0.270 e. The highest BCUT2D eigenvalue weighted by molar-refractivity contribution is 5.98. The topological polar surface area (TPSA) is 121 Å². The number of aromatic nitrogens is 3. The standard InChI is InChI=1S/C31H30F2N6O4/c1-17-20(18(2)40)4-5-22-21(17)6-8-25(22)37-31(42)28-14-26(36-29-24(33)16-35-39(28)29)30(41)34-15-19-3-7-23(32)27(13-19)38-9-11-43-12-10-38/h3-5,7,13-14,16,25,40H,2,6,8-12,15H2,1H3,(H,34,41)(H,37,42). The van der Waals surface area contributed by atoms with Gasteiger partial charge in [0.1, 0.15) is 23.0 Å². The lowest BCUT2D eigenvalue weighted by molar-refractivity contribution is 0.0929. The molecule has 1 unspecified atom stereocenters. The Morgan fingerprint density at radius 1 is 1.12 bits per heavy atom. The number of ether oxygens (including phenoxy) is 1. The van der Waals surface area contributed by atoms with Crippen molar-refractivity contribution >= 4 is 28.9 Å². The number of amides is 2. The molecule has 0 saturated carbocycles.